The molecule has 0 saturated carbocycles. The topological polar surface area (TPSA) is 37.8 Å². The fraction of sp³-hybridized carbons (Fsp3) is 0.333. The molecule has 0 aliphatic rings. The second kappa shape index (κ2) is 5.63. The van der Waals surface area contributed by atoms with Crippen LogP contribution in [0.1, 0.15) is 24.5 Å². The number of nitrogens with one attached hydrogen (secondary N) is 1. The third-order valence-corrected chi connectivity index (χ3v) is 3.07. The average Bonchev–Trinajstić information content (AvgIpc) is 2.40. The molecule has 0 radical (unpaired) electrons. The Labute approximate surface area is 108 Å². The predicted molar refractivity (Wildman–Crippen MR) is 75.7 cm³/mol. The molecule has 0 fully saturated rings. The summed E-state index contributed by atoms with van der Waals surface area (Å²) in [6.45, 7) is 7.30. The van der Waals surface area contributed by atoms with Gasteiger partial charge in [-0.3, -0.25) is 4.98 Å². The lowest BCUT2D eigenvalue weighted by Crippen LogP contribution is -2.03. The molecular formula is C15H19N3. The molecule has 3 nitrogen and oxygen atoms in total. The first kappa shape index (κ1) is 12.6. The number of anilines is 1. The van der Waals surface area contributed by atoms with Crippen molar-refractivity contribution < 1.29 is 0 Å². The molecule has 1 aromatic heterocycles. The van der Waals surface area contributed by atoms with Crippen LogP contribution in [0.25, 0.3) is 11.3 Å². The quantitative estimate of drug-likeness (QED) is 0.889. The van der Waals surface area contributed by atoms with E-state index in [0.29, 0.717) is 0 Å². The monoisotopic (exact) mass is 241 g/mol. The van der Waals surface area contributed by atoms with E-state index in [9.17, 15) is 0 Å². The minimum Gasteiger partial charge on any atom is -0.369 e. The maximum atomic E-state index is 4.61. The fourth-order valence-electron chi connectivity index (χ4n) is 1.86. The van der Waals surface area contributed by atoms with Crippen molar-refractivity contribution in [2.75, 3.05) is 11.9 Å². The Morgan fingerprint density at radius 2 is 2.00 bits per heavy atom. The first-order valence-corrected chi connectivity index (χ1v) is 6.35. The van der Waals surface area contributed by atoms with E-state index in [2.05, 4.69) is 54.3 Å². The van der Waals surface area contributed by atoms with Gasteiger partial charge in [-0.1, -0.05) is 25.1 Å². The summed E-state index contributed by atoms with van der Waals surface area (Å²) in [5.41, 5.74) is 4.63. The summed E-state index contributed by atoms with van der Waals surface area (Å²) in [5, 5.41) is 3.26. The van der Waals surface area contributed by atoms with Crippen molar-refractivity contribution in [3.63, 3.8) is 0 Å². The zero-order valence-electron chi connectivity index (χ0n) is 11.2. The molecule has 3 heteroatoms. The number of nitrogens with zero attached hydrogens (tertiary/aromatic N) is 2. The Balaban J connectivity index is 2.35. The van der Waals surface area contributed by atoms with Crippen LogP contribution in [0.2, 0.25) is 0 Å². The molecule has 0 aliphatic carbocycles. The van der Waals surface area contributed by atoms with Gasteiger partial charge in [0.1, 0.15) is 5.82 Å². The molecule has 0 amide bonds. The zero-order valence-corrected chi connectivity index (χ0v) is 11.2. The molecule has 1 N–H and O–H groups in total. The Kier molecular flexibility index (Phi) is 3.92. The molecule has 2 rings (SSSR count). The van der Waals surface area contributed by atoms with Crippen LogP contribution in [0.4, 0.5) is 5.82 Å². The smallest absolute Gasteiger partial charge is 0.145 e. The van der Waals surface area contributed by atoms with Crippen molar-refractivity contribution in [3.8, 4) is 11.3 Å². The maximum absolute atomic E-state index is 4.61. The van der Waals surface area contributed by atoms with Gasteiger partial charge in [-0.25, -0.2) is 4.98 Å². The lowest BCUT2D eigenvalue weighted by Gasteiger charge is -2.09. The summed E-state index contributed by atoms with van der Waals surface area (Å²) in [5.74, 6) is 0.843. The highest BCUT2D eigenvalue weighted by Gasteiger charge is 2.06. The number of aromatic nitrogens is 2. The largest absolute Gasteiger partial charge is 0.369 e. The van der Waals surface area contributed by atoms with Gasteiger partial charge in [0, 0.05) is 12.1 Å². The van der Waals surface area contributed by atoms with Crippen molar-refractivity contribution in [1.82, 2.24) is 9.97 Å². The van der Waals surface area contributed by atoms with Crippen molar-refractivity contribution >= 4 is 5.82 Å². The first-order chi connectivity index (χ1) is 8.72. The standard InChI is InChI=1S/C15H19N3/c1-4-8-17-15-10-16-9-14(18-15)13-7-5-6-11(2)12(13)3/h5-7,9-10H,4,8H2,1-3H3,(H,17,18). The van der Waals surface area contributed by atoms with Crippen LogP contribution in [-0.2, 0) is 0 Å². The van der Waals surface area contributed by atoms with E-state index >= 15 is 0 Å². The van der Waals surface area contributed by atoms with E-state index in [1.54, 1.807) is 6.20 Å². The zero-order chi connectivity index (χ0) is 13.0. The van der Waals surface area contributed by atoms with Crippen LogP contribution in [0, 0.1) is 13.8 Å². The van der Waals surface area contributed by atoms with E-state index in [0.717, 1.165) is 30.0 Å². The van der Waals surface area contributed by atoms with Crippen LogP contribution < -0.4 is 5.32 Å². The van der Waals surface area contributed by atoms with Gasteiger partial charge >= 0.3 is 0 Å². The van der Waals surface area contributed by atoms with Crippen LogP contribution in [0.5, 0.6) is 0 Å². The molecule has 18 heavy (non-hydrogen) atoms. The number of hydrogen-bond donors (Lipinski definition) is 1. The summed E-state index contributed by atoms with van der Waals surface area (Å²) < 4.78 is 0. The van der Waals surface area contributed by atoms with Crippen LogP contribution in [0.3, 0.4) is 0 Å². The maximum Gasteiger partial charge on any atom is 0.145 e. The SMILES string of the molecule is CCCNc1cncc(-c2cccc(C)c2C)n1. The molecule has 0 unspecified atom stereocenters. The van der Waals surface area contributed by atoms with E-state index in [1.165, 1.54) is 11.1 Å². The summed E-state index contributed by atoms with van der Waals surface area (Å²) in [6, 6.07) is 6.27. The lowest BCUT2D eigenvalue weighted by atomic mass is 10.0. The molecule has 0 bridgehead atoms. The third-order valence-electron chi connectivity index (χ3n) is 3.07. The highest BCUT2D eigenvalue weighted by atomic mass is 15.0. The molecule has 1 aromatic carbocycles. The Morgan fingerprint density at radius 1 is 1.17 bits per heavy atom. The van der Waals surface area contributed by atoms with Gasteiger partial charge in [0.05, 0.1) is 18.1 Å². The second-order valence-corrected chi connectivity index (χ2v) is 4.46. The second-order valence-electron chi connectivity index (χ2n) is 4.46. The van der Waals surface area contributed by atoms with E-state index in [-0.39, 0.29) is 0 Å². The Hall–Kier alpha value is -1.90. The van der Waals surface area contributed by atoms with Gasteiger partial charge in [-0.2, -0.15) is 0 Å². The molecule has 0 atom stereocenters. The molecule has 0 saturated heterocycles. The molecule has 2 aromatic rings. The van der Waals surface area contributed by atoms with Crippen LogP contribution >= 0.6 is 0 Å². The minimum atomic E-state index is 0.843. The Morgan fingerprint density at radius 3 is 2.78 bits per heavy atom. The van der Waals surface area contributed by atoms with E-state index in [1.807, 2.05) is 6.20 Å². The van der Waals surface area contributed by atoms with Crippen LogP contribution in [-0.4, -0.2) is 16.5 Å². The lowest BCUT2D eigenvalue weighted by molar-refractivity contribution is 0.965. The summed E-state index contributed by atoms with van der Waals surface area (Å²) >= 11 is 0. The molecule has 0 spiro atoms. The number of rotatable bonds is 4. The fourth-order valence-corrected chi connectivity index (χ4v) is 1.86. The van der Waals surface area contributed by atoms with Gasteiger partial charge in [0.15, 0.2) is 0 Å². The number of benzene rings is 1. The van der Waals surface area contributed by atoms with Crippen molar-refractivity contribution in [2.45, 2.75) is 27.2 Å². The van der Waals surface area contributed by atoms with E-state index in [4.69, 9.17) is 0 Å². The normalized spacial score (nSPS) is 10.4. The van der Waals surface area contributed by atoms with Crippen LogP contribution in [0.15, 0.2) is 30.6 Å². The van der Waals surface area contributed by atoms with Gasteiger partial charge in [-0.15, -0.1) is 0 Å². The van der Waals surface area contributed by atoms with Crippen molar-refractivity contribution in [1.29, 1.82) is 0 Å². The minimum absolute atomic E-state index is 0.843. The van der Waals surface area contributed by atoms with Crippen molar-refractivity contribution in [3.05, 3.63) is 41.7 Å². The summed E-state index contributed by atoms with van der Waals surface area (Å²) in [4.78, 5) is 8.87. The van der Waals surface area contributed by atoms with Gasteiger partial charge < -0.3 is 5.32 Å². The Bertz CT molecular complexity index is 535. The molecule has 0 aliphatic heterocycles. The predicted octanol–water partition coefficient (Wildman–Crippen LogP) is 3.58. The number of hydrogen-bond acceptors (Lipinski definition) is 3. The molecule has 94 valence electrons. The summed E-state index contributed by atoms with van der Waals surface area (Å²) in [7, 11) is 0. The highest BCUT2D eigenvalue weighted by Crippen LogP contribution is 2.23. The number of aryl methyl sites for hydroxylation is 1. The van der Waals surface area contributed by atoms with E-state index < -0.39 is 0 Å². The van der Waals surface area contributed by atoms with Gasteiger partial charge in [0.2, 0.25) is 0 Å². The third kappa shape index (κ3) is 2.67. The molecule has 1 heterocycles. The first-order valence-electron chi connectivity index (χ1n) is 6.35. The van der Waals surface area contributed by atoms with Gasteiger partial charge in [-0.05, 0) is 31.4 Å². The summed E-state index contributed by atoms with van der Waals surface area (Å²) in [6.07, 6.45) is 4.67. The molecular weight excluding hydrogens is 222 g/mol. The highest BCUT2D eigenvalue weighted by molar-refractivity contribution is 5.65. The van der Waals surface area contributed by atoms with Crippen molar-refractivity contribution in [2.24, 2.45) is 0 Å². The average molecular weight is 241 g/mol. The van der Waals surface area contributed by atoms with Gasteiger partial charge in [0.25, 0.3) is 0 Å².